The molecule has 0 aromatic heterocycles. The van der Waals surface area contributed by atoms with Crippen molar-refractivity contribution in [2.75, 3.05) is 6.61 Å². The molecule has 0 aliphatic rings. The van der Waals surface area contributed by atoms with Gasteiger partial charge in [-0.05, 0) is 53.4 Å². The molecule has 1 atom stereocenters. The fraction of sp³-hybridized carbons (Fsp3) is 0.190. The van der Waals surface area contributed by atoms with E-state index in [1.54, 1.807) is 12.1 Å². The molecule has 0 fully saturated rings. The number of nitrogens with zero attached hydrogens (tertiary/aromatic N) is 1. The molecule has 0 spiro atoms. The van der Waals surface area contributed by atoms with Crippen LogP contribution >= 0.6 is 0 Å². The highest BCUT2D eigenvalue weighted by molar-refractivity contribution is 5.83. The summed E-state index contributed by atoms with van der Waals surface area (Å²) in [5.41, 5.74) is 0.851. The van der Waals surface area contributed by atoms with Crippen LogP contribution in [0.5, 0.6) is 5.75 Å². The normalized spacial score (nSPS) is 11.8. The summed E-state index contributed by atoms with van der Waals surface area (Å²) in [6.07, 6.45) is 1.46. The average molecular weight is 319 g/mol. The quantitative estimate of drug-likeness (QED) is 0.566. The van der Waals surface area contributed by atoms with Crippen molar-refractivity contribution < 1.29 is 9.13 Å². The number of benzene rings is 3. The summed E-state index contributed by atoms with van der Waals surface area (Å²) in [5.74, 6) is 0.324. The van der Waals surface area contributed by atoms with E-state index < -0.39 is 0 Å². The Hall–Kier alpha value is -2.86. The third-order valence-corrected chi connectivity index (χ3v) is 4.06. The summed E-state index contributed by atoms with van der Waals surface area (Å²) in [6, 6.07) is 22.6. The summed E-state index contributed by atoms with van der Waals surface area (Å²) in [5, 5.41) is 11.6. The van der Waals surface area contributed by atoms with Crippen LogP contribution in [0.2, 0.25) is 0 Å². The predicted octanol–water partition coefficient (Wildman–Crippen LogP) is 5.45. The van der Waals surface area contributed by atoms with Gasteiger partial charge >= 0.3 is 0 Å². The minimum Gasteiger partial charge on any atom is -0.494 e. The first-order chi connectivity index (χ1) is 11.8. The number of ether oxygens (including phenoxy) is 1. The van der Waals surface area contributed by atoms with Crippen molar-refractivity contribution in [1.82, 2.24) is 0 Å². The zero-order chi connectivity index (χ0) is 16.8. The number of hydrogen-bond donors (Lipinski definition) is 0. The standard InChI is InChI=1S/C21H18FNO/c22-20-10-7-17(8-11-20)19(15-23)6-3-13-24-21-12-9-16-4-1-2-5-18(16)14-21/h1-2,4-5,7-12,14,19H,3,6,13H2. The lowest BCUT2D eigenvalue weighted by atomic mass is 9.96. The summed E-state index contributed by atoms with van der Waals surface area (Å²) < 4.78 is 18.8. The van der Waals surface area contributed by atoms with E-state index in [0.717, 1.165) is 23.1 Å². The molecule has 0 bridgehead atoms. The third-order valence-electron chi connectivity index (χ3n) is 4.06. The lowest BCUT2D eigenvalue weighted by Gasteiger charge is -2.11. The highest BCUT2D eigenvalue weighted by Gasteiger charge is 2.10. The molecule has 1 unspecified atom stereocenters. The predicted molar refractivity (Wildman–Crippen MR) is 93.4 cm³/mol. The molecule has 0 aliphatic carbocycles. The summed E-state index contributed by atoms with van der Waals surface area (Å²) in [6.45, 7) is 0.553. The second-order valence-corrected chi connectivity index (χ2v) is 5.73. The Morgan fingerprint density at radius 1 is 0.958 bits per heavy atom. The van der Waals surface area contributed by atoms with Gasteiger partial charge in [0.1, 0.15) is 11.6 Å². The molecule has 0 saturated carbocycles. The maximum absolute atomic E-state index is 13.0. The molecule has 3 aromatic rings. The Balaban J connectivity index is 1.53. The van der Waals surface area contributed by atoms with E-state index in [2.05, 4.69) is 18.2 Å². The molecule has 0 radical (unpaired) electrons. The number of rotatable bonds is 6. The first-order valence-electron chi connectivity index (χ1n) is 8.03. The van der Waals surface area contributed by atoms with Gasteiger partial charge in [0.2, 0.25) is 0 Å². The Kier molecular flexibility index (Phi) is 5.08. The Morgan fingerprint density at radius 2 is 1.71 bits per heavy atom. The van der Waals surface area contributed by atoms with E-state index in [1.807, 2.05) is 30.3 Å². The number of hydrogen-bond acceptors (Lipinski definition) is 2. The largest absolute Gasteiger partial charge is 0.494 e. The van der Waals surface area contributed by atoms with E-state index in [9.17, 15) is 9.65 Å². The molecule has 3 heteroatoms. The van der Waals surface area contributed by atoms with Crippen molar-refractivity contribution >= 4 is 10.8 Å². The average Bonchev–Trinajstić information content (AvgIpc) is 2.63. The molecule has 0 saturated heterocycles. The zero-order valence-corrected chi connectivity index (χ0v) is 13.3. The van der Waals surface area contributed by atoms with Crippen LogP contribution in [-0.4, -0.2) is 6.61 Å². The van der Waals surface area contributed by atoms with E-state index in [0.29, 0.717) is 13.0 Å². The second-order valence-electron chi connectivity index (χ2n) is 5.73. The summed E-state index contributed by atoms with van der Waals surface area (Å²) in [7, 11) is 0. The molecule has 3 aromatic carbocycles. The highest BCUT2D eigenvalue weighted by Crippen LogP contribution is 2.23. The summed E-state index contributed by atoms with van der Waals surface area (Å²) in [4.78, 5) is 0. The molecular weight excluding hydrogens is 301 g/mol. The minimum atomic E-state index is -0.282. The van der Waals surface area contributed by atoms with E-state index in [1.165, 1.54) is 17.5 Å². The van der Waals surface area contributed by atoms with Crippen LogP contribution in [0.15, 0.2) is 66.7 Å². The van der Waals surface area contributed by atoms with Crippen LogP contribution in [0.25, 0.3) is 10.8 Å². The molecule has 24 heavy (non-hydrogen) atoms. The Labute approximate surface area is 141 Å². The molecular formula is C21H18FNO. The van der Waals surface area contributed by atoms with Crippen LogP contribution < -0.4 is 4.74 Å². The molecule has 0 aliphatic heterocycles. The van der Waals surface area contributed by atoms with Gasteiger partial charge in [-0.15, -0.1) is 0 Å². The lowest BCUT2D eigenvalue weighted by Crippen LogP contribution is -2.02. The van der Waals surface area contributed by atoms with Gasteiger partial charge in [0.05, 0.1) is 18.6 Å². The fourth-order valence-corrected chi connectivity index (χ4v) is 2.74. The topological polar surface area (TPSA) is 33.0 Å². The van der Waals surface area contributed by atoms with E-state index in [4.69, 9.17) is 4.74 Å². The van der Waals surface area contributed by atoms with Gasteiger partial charge in [0.25, 0.3) is 0 Å². The molecule has 0 heterocycles. The molecule has 0 N–H and O–H groups in total. The molecule has 3 rings (SSSR count). The van der Waals surface area contributed by atoms with Crippen LogP contribution in [0.3, 0.4) is 0 Å². The molecule has 120 valence electrons. The fourth-order valence-electron chi connectivity index (χ4n) is 2.74. The van der Waals surface area contributed by atoms with Gasteiger partial charge in [-0.3, -0.25) is 0 Å². The maximum atomic E-state index is 13.0. The van der Waals surface area contributed by atoms with Crippen molar-refractivity contribution in [2.24, 2.45) is 0 Å². The molecule has 2 nitrogen and oxygen atoms in total. The monoisotopic (exact) mass is 319 g/mol. The van der Waals surface area contributed by atoms with Gasteiger partial charge in [0.15, 0.2) is 0 Å². The van der Waals surface area contributed by atoms with Crippen LogP contribution in [0.1, 0.15) is 24.3 Å². The van der Waals surface area contributed by atoms with Crippen molar-refractivity contribution in [1.29, 1.82) is 5.26 Å². The van der Waals surface area contributed by atoms with Crippen molar-refractivity contribution in [2.45, 2.75) is 18.8 Å². The van der Waals surface area contributed by atoms with Crippen LogP contribution in [0, 0.1) is 17.1 Å². The smallest absolute Gasteiger partial charge is 0.123 e. The van der Waals surface area contributed by atoms with Gasteiger partial charge in [-0.1, -0.05) is 42.5 Å². The SMILES string of the molecule is N#CC(CCCOc1ccc2ccccc2c1)c1ccc(F)cc1. The van der Waals surface area contributed by atoms with Crippen LogP contribution in [-0.2, 0) is 0 Å². The first kappa shape index (κ1) is 16.0. The first-order valence-corrected chi connectivity index (χ1v) is 8.03. The van der Waals surface area contributed by atoms with Crippen molar-refractivity contribution in [3.8, 4) is 11.8 Å². The van der Waals surface area contributed by atoms with Crippen molar-refractivity contribution in [3.63, 3.8) is 0 Å². The van der Waals surface area contributed by atoms with E-state index >= 15 is 0 Å². The minimum absolute atomic E-state index is 0.231. The lowest BCUT2D eigenvalue weighted by molar-refractivity contribution is 0.305. The van der Waals surface area contributed by atoms with Crippen molar-refractivity contribution in [3.05, 3.63) is 78.1 Å². The number of fused-ring (bicyclic) bond motifs is 1. The molecule has 0 amide bonds. The highest BCUT2D eigenvalue weighted by atomic mass is 19.1. The second kappa shape index (κ2) is 7.61. The Morgan fingerprint density at radius 3 is 2.46 bits per heavy atom. The zero-order valence-electron chi connectivity index (χ0n) is 13.3. The number of halogens is 1. The van der Waals surface area contributed by atoms with Gasteiger partial charge < -0.3 is 4.74 Å². The Bertz CT molecular complexity index is 852. The third kappa shape index (κ3) is 3.91. The summed E-state index contributed by atoms with van der Waals surface area (Å²) >= 11 is 0. The van der Waals surface area contributed by atoms with Gasteiger partial charge in [0, 0.05) is 0 Å². The van der Waals surface area contributed by atoms with Crippen LogP contribution in [0.4, 0.5) is 4.39 Å². The maximum Gasteiger partial charge on any atom is 0.123 e. The van der Waals surface area contributed by atoms with Gasteiger partial charge in [-0.2, -0.15) is 5.26 Å². The number of nitriles is 1. The van der Waals surface area contributed by atoms with E-state index in [-0.39, 0.29) is 11.7 Å². The van der Waals surface area contributed by atoms with Gasteiger partial charge in [-0.25, -0.2) is 4.39 Å².